The van der Waals surface area contributed by atoms with Crippen LogP contribution in [0.5, 0.6) is 11.5 Å². The molecule has 3 aromatic carbocycles. The molecule has 4 amide bonds. The number of nitrogens with one attached hydrogen (secondary N) is 1. The van der Waals surface area contributed by atoms with Crippen molar-refractivity contribution < 1.29 is 23.9 Å². The van der Waals surface area contributed by atoms with E-state index < -0.39 is 17.8 Å². The van der Waals surface area contributed by atoms with Crippen molar-refractivity contribution in [2.75, 3.05) is 11.5 Å². The molecule has 7 nitrogen and oxygen atoms in total. The Morgan fingerprint density at radius 1 is 0.944 bits per heavy atom. The van der Waals surface area contributed by atoms with Gasteiger partial charge in [-0.1, -0.05) is 53.6 Å². The highest BCUT2D eigenvalue weighted by Crippen LogP contribution is 2.32. The summed E-state index contributed by atoms with van der Waals surface area (Å²) in [7, 11) is 0. The highest BCUT2D eigenvalue weighted by Gasteiger charge is 2.37. The molecule has 36 heavy (non-hydrogen) atoms. The number of amides is 4. The van der Waals surface area contributed by atoms with E-state index >= 15 is 0 Å². The van der Waals surface area contributed by atoms with Crippen LogP contribution in [0.1, 0.15) is 29.2 Å². The Bertz CT molecular complexity index is 1380. The van der Waals surface area contributed by atoms with Gasteiger partial charge < -0.3 is 9.47 Å². The summed E-state index contributed by atoms with van der Waals surface area (Å²) < 4.78 is 11.7. The Balaban J connectivity index is 1.63. The zero-order valence-corrected chi connectivity index (χ0v) is 20.9. The summed E-state index contributed by atoms with van der Waals surface area (Å²) in [6.45, 7) is 6.37. The maximum Gasteiger partial charge on any atom is 0.335 e. The molecule has 0 bridgehead atoms. The van der Waals surface area contributed by atoms with Crippen molar-refractivity contribution in [2.24, 2.45) is 0 Å². The van der Waals surface area contributed by atoms with Gasteiger partial charge in [-0.3, -0.25) is 14.9 Å². The van der Waals surface area contributed by atoms with E-state index in [9.17, 15) is 14.4 Å². The van der Waals surface area contributed by atoms with Crippen LogP contribution in [0.4, 0.5) is 10.5 Å². The number of imide groups is 2. The minimum atomic E-state index is -0.831. The molecule has 184 valence electrons. The van der Waals surface area contributed by atoms with Crippen molar-refractivity contribution in [2.45, 2.75) is 27.4 Å². The minimum absolute atomic E-state index is 0.190. The smallest absolute Gasteiger partial charge is 0.335 e. The predicted octanol–water partition coefficient (Wildman–Crippen LogP) is 5.60. The maximum atomic E-state index is 13.3. The highest BCUT2D eigenvalue weighted by atomic mass is 35.5. The van der Waals surface area contributed by atoms with E-state index in [1.165, 1.54) is 12.1 Å². The minimum Gasteiger partial charge on any atom is -0.490 e. The molecule has 3 aromatic rings. The number of hydrogen-bond donors (Lipinski definition) is 1. The molecule has 1 aliphatic rings. The number of aryl methyl sites for hydroxylation is 2. The first-order valence-electron chi connectivity index (χ1n) is 11.4. The first-order chi connectivity index (χ1) is 17.3. The van der Waals surface area contributed by atoms with E-state index in [1.54, 1.807) is 37.3 Å². The van der Waals surface area contributed by atoms with Crippen molar-refractivity contribution >= 4 is 41.2 Å². The number of anilines is 1. The number of rotatable bonds is 7. The van der Waals surface area contributed by atoms with Crippen LogP contribution < -0.4 is 19.7 Å². The number of barbiturate groups is 1. The Kier molecular flexibility index (Phi) is 7.41. The molecule has 4 rings (SSSR count). The van der Waals surface area contributed by atoms with Gasteiger partial charge in [-0.05, 0) is 67.8 Å². The number of benzene rings is 3. The van der Waals surface area contributed by atoms with Crippen LogP contribution in [0.15, 0.2) is 66.2 Å². The summed E-state index contributed by atoms with van der Waals surface area (Å²) in [5.74, 6) is -0.515. The molecular weight excluding hydrogens is 480 g/mol. The van der Waals surface area contributed by atoms with Crippen molar-refractivity contribution in [3.8, 4) is 11.5 Å². The van der Waals surface area contributed by atoms with Crippen molar-refractivity contribution in [1.82, 2.24) is 5.32 Å². The van der Waals surface area contributed by atoms with E-state index in [1.807, 2.05) is 38.1 Å². The molecule has 8 heteroatoms. The van der Waals surface area contributed by atoms with Crippen LogP contribution >= 0.6 is 11.6 Å². The van der Waals surface area contributed by atoms with Gasteiger partial charge in [0.1, 0.15) is 12.2 Å². The van der Waals surface area contributed by atoms with E-state index in [4.69, 9.17) is 21.1 Å². The van der Waals surface area contributed by atoms with Crippen molar-refractivity contribution in [3.05, 3.63) is 93.5 Å². The van der Waals surface area contributed by atoms with Gasteiger partial charge in [-0.25, -0.2) is 9.69 Å². The number of halogens is 1. The first-order valence-corrected chi connectivity index (χ1v) is 11.8. The second-order valence-electron chi connectivity index (χ2n) is 8.31. The SMILES string of the molecule is CCOc1cc(/C=C2\C(=O)NC(=O)N(c3cc(Cl)ccc3C)C2=O)ccc1OCc1cccc(C)c1. The van der Waals surface area contributed by atoms with E-state index in [0.29, 0.717) is 46.5 Å². The molecule has 1 N–H and O–H groups in total. The molecule has 0 atom stereocenters. The monoisotopic (exact) mass is 504 g/mol. The van der Waals surface area contributed by atoms with E-state index in [2.05, 4.69) is 5.32 Å². The lowest BCUT2D eigenvalue weighted by atomic mass is 10.1. The molecule has 1 saturated heterocycles. The first kappa shape index (κ1) is 25.0. The Morgan fingerprint density at radius 2 is 1.75 bits per heavy atom. The van der Waals surface area contributed by atoms with Crippen LogP contribution in [0.25, 0.3) is 6.08 Å². The van der Waals surface area contributed by atoms with Crippen LogP contribution in [0.3, 0.4) is 0 Å². The van der Waals surface area contributed by atoms with E-state index in [0.717, 1.165) is 16.0 Å². The summed E-state index contributed by atoms with van der Waals surface area (Å²) in [6.07, 6.45) is 1.42. The fourth-order valence-corrected chi connectivity index (χ4v) is 4.00. The molecule has 0 spiro atoms. The molecule has 1 heterocycles. The summed E-state index contributed by atoms with van der Waals surface area (Å²) in [5.41, 5.74) is 3.47. The zero-order chi connectivity index (χ0) is 25.8. The third kappa shape index (κ3) is 5.42. The highest BCUT2D eigenvalue weighted by molar-refractivity contribution is 6.39. The van der Waals surface area contributed by atoms with Gasteiger partial charge in [0.15, 0.2) is 11.5 Å². The molecule has 0 unspecified atom stereocenters. The Hall–Kier alpha value is -4.10. The average molecular weight is 505 g/mol. The van der Waals surface area contributed by atoms with Gasteiger partial charge in [0.2, 0.25) is 0 Å². The van der Waals surface area contributed by atoms with Gasteiger partial charge in [0.25, 0.3) is 11.8 Å². The topological polar surface area (TPSA) is 84.9 Å². The lowest BCUT2D eigenvalue weighted by Crippen LogP contribution is -2.54. The van der Waals surface area contributed by atoms with Gasteiger partial charge >= 0.3 is 6.03 Å². The van der Waals surface area contributed by atoms with Crippen LogP contribution in [-0.2, 0) is 16.2 Å². The van der Waals surface area contributed by atoms with Crippen LogP contribution in [-0.4, -0.2) is 24.5 Å². The molecule has 0 radical (unpaired) electrons. The average Bonchev–Trinajstić information content (AvgIpc) is 2.83. The number of urea groups is 1. The number of ether oxygens (including phenoxy) is 2. The van der Waals surface area contributed by atoms with Gasteiger partial charge in [-0.2, -0.15) is 0 Å². The number of nitrogens with zero attached hydrogens (tertiary/aromatic N) is 1. The molecule has 0 aromatic heterocycles. The zero-order valence-electron chi connectivity index (χ0n) is 20.1. The molecule has 0 saturated carbocycles. The fraction of sp³-hybridized carbons (Fsp3) is 0.179. The third-order valence-corrected chi connectivity index (χ3v) is 5.80. The third-order valence-electron chi connectivity index (χ3n) is 5.57. The predicted molar refractivity (Wildman–Crippen MR) is 138 cm³/mol. The lowest BCUT2D eigenvalue weighted by Gasteiger charge is -2.27. The molecule has 1 aliphatic heterocycles. The quantitative estimate of drug-likeness (QED) is 0.334. The number of carbonyl (C=O) groups excluding carboxylic acids is 3. The Labute approximate surface area is 214 Å². The van der Waals surface area contributed by atoms with Crippen LogP contribution in [0.2, 0.25) is 5.02 Å². The Morgan fingerprint density at radius 3 is 2.50 bits per heavy atom. The molecular formula is C28H25ClN2O5. The normalized spacial score (nSPS) is 14.7. The molecule has 0 aliphatic carbocycles. The maximum absolute atomic E-state index is 13.3. The summed E-state index contributed by atoms with van der Waals surface area (Å²) >= 11 is 6.08. The standard InChI is InChI=1S/C28H25ClN2O5/c1-4-35-25-14-19(9-11-24(25)36-16-20-7-5-6-17(2)12-20)13-22-26(32)30-28(34)31(27(22)33)23-15-21(29)10-8-18(23)3/h5-15H,4,16H2,1-3H3,(H,30,32,34)/b22-13+. The second-order valence-corrected chi connectivity index (χ2v) is 8.74. The van der Waals surface area contributed by atoms with Gasteiger partial charge in [0, 0.05) is 5.02 Å². The van der Waals surface area contributed by atoms with Crippen LogP contribution in [0, 0.1) is 13.8 Å². The number of carbonyl (C=O) groups is 3. The van der Waals surface area contributed by atoms with Crippen molar-refractivity contribution in [1.29, 1.82) is 0 Å². The lowest BCUT2D eigenvalue weighted by molar-refractivity contribution is -0.122. The second kappa shape index (κ2) is 10.7. The van der Waals surface area contributed by atoms with Gasteiger partial charge in [0.05, 0.1) is 12.3 Å². The van der Waals surface area contributed by atoms with Crippen molar-refractivity contribution in [3.63, 3.8) is 0 Å². The summed E-state index contributed by atoms with van der Waals surface area (Å²) in [4.78, 5) is 39.3. The van der Waals surface area contributed by atoms with Gasteiger partial charge in [-0.15, -0.1) is 0 Å². The summed E-state index contributed by atoms with van der Waals surface area (Å²) in [5, 5.41) is 2.59. The number of hydrogen-bond acceptors (Lipinski definition) is 5. The fourth-order valence-electron chi connectivity index (χ4n) is 3.83. The summed E-state index contributed by atoms with van der Waals surface area (Å²) in [6, 6.07) is 17.2. The van der Waals surface area contributed by atoms with E-state index in [-0.39, 0.29) is 5.57 Å². The molecule has 1 fully saturated rings. The largest absolute Gasteiger partial charge is 0.490 e.